The van der Waals surface area contributed by atoms with Gasteiger partial charge in [0.05, 0.1) is 6.61 Å². The molecule has 0 bridgehead atoms. The molecule has 6 heteroatoms. The Hall–Kier alpha value is -3.67. The summed E-state index contributed by atoms with van der Waals surface area (Å²) in [6.45, 7) is 2.04. The molecule has 3 aromatic rings. The van der Waals surface area contributed by atoms with Crippen molar-refractivity contribution in [3.8, 4) is 11.3 Å². The largest absolute Gasteiger partial charge is 0.463 e. The molecule has 0 aliphatic heterocycles. The topological polar surface area (TPSA) is 68.5 Å². The maximum Gasteiger partial charge on any atom is 0.330 e. The second-order valence-electron chi connectivity index (χ2n) is 5.84. The molecule has 142 valence electrons. The molecule has 0 fully saturated rings. The van der Waals surface area contributed by atoms with E-state index in [4.69, 9.17) is 9.15 Å². The number of halogens is 1. The third-order valence-electron chi connectivity index (χ3n) is 3.80. The van der Waals surface area contributed by atoms with Gasteiger partial charge in [-0.1, -0.05) is 12.1 Å². The van der Waals surface area contributed by atoms with Crippen molar-refractivity contribution in [3.05, 3.63) is 83.9 Å². The van der Waals surface area contributed by atoms with Crippen LogP contribution in [0.4, 0.5) is 10.1 Å². The van der Waals surface area contributed by atoms with Crippen molar-refractivity contribution in [2.24, 2.45) is 0 Å². The van der Waals surface area contributed by atoms with Gasteiger partial charge in [0.1, 0.15) is 11.6 Å². The van der Waals surface area contributed by atoms with Gasteiger partial charge in [0.25, 0.3) is 5.91 Å². The Kier molecular flexibility index (Phi) is 6.01. The molecule has 1 heterocycles. The molecule has 0 saturated heterocycles. The van der Waals surface area contributed by atoms with E-state index in [-0.39, 0.29) is 11.6 Å². The predicted molar refractivity (Wildman–Crippen MR) is 104 cm³/mol. The first-order chi connectivity index (χ1) is 13.5. The zero-order valence-electron chi connectivity index (χ0n) is 15.1. The highest BCUT2D eigenvalue weighted by molar-refractivity contribution is 6.02. The van der Waals surface area contributed by atoms with Crippen molar-refractivity contribution in [2.45, 2.75) is 6.92 Å². The molecule has 0 aliphatic rings. The first kappa shape index (κ1) is 19.1. The summed E-state index contributed by atoms with van der Waals surface area (Å²) < 4.78 is 23.4. The number of nitrogens with one attached hydrogen (secondary N) is 1. The van der Waals surface area contributed by atoms with E-state index in [2.05, 4.69) is 5.32 Å². The Morgan fingerprint density at radius 3 is 2.64 bits per heavy atom. The highest BCUT2D eigenvalue weighted by Crippen LogP contribution is 2.23. The number of anilines is 1. The maximum absolute atomic E-state index is 13.0. The van der Waals surface area contributed by atoms with E-state index in [1.54, 1.807) is 61.5 Å². The second kappa shape index (κ2) is 8.81. The molecule has 0 atom stereocenters. The summed E-state index contributed by atoms with van der Waals surface area (Å²) >= 11 is 0. The van der Waals surface area contributed by atoms with Crippen LogP contribution < -0.4 is 5.32 Å². The van der Waals surface area contributed by atoms with Gasteiger partial charge in [0.2, 0.25) is 0 Å². The summed E-state index contributed by atoms with van der Waals surface area (Å²) in [7, 11) is 0. The number of ether oxygens (including phenoxy) is 1. The van der Waals surface area contributed by atoms with Crippen LogP contribution in [0.5, 0.6) is 0 Å². The van der Waals surface area contributed by atoms with Crippen LogP contribution in [0, 0.1) is 5.82 Å². The average Bonchev–Trinajstić information content (AvgIpc) is 3.18. The first-order valence-electron chi connectivity index (χ1n) is 8.67. The molecule has 0 unspecified atom stereocenters. The van der Waals surface area contributed by atoms with E-state index in [0.717, 1.165) is 5.56 Å². The highest BCUT2D eigenvalue weighted by atomic mass is 19.1. The van der Waals surface area contributed by atoms with Gasteiger partial charge >= 0.3 is 5.97 Å². The number of furan rings is 1. The monoisotopic (exact) mass is 379 g/mol. The molecular formula is C22H18FNO4. The van der Waals surface area contributed by atoms with Crippen LogP contribution in [0.2, 0.25) is 0 Å². The summed E-state index contributed by atoms with van der Waals surface area (Å²) in [5.41, 5.74) is 1.96. The second-order valence-corrected chi connectivity index (χ2v) is 5.84. The van der Waals surface area contributed by atoms with Gasteiger partial charge < -0.3 is 14.5 Å². The number of esters is 1. The number of carbonyl (C=O) groups excluding carboxylic acids is 2. The van der Waals surface area contributed by atoms with Crippen molar-refractivity contribution >= 4 is 23.6 Å². The van der Waals surface area contributed by atoms with E-state index in [0.29, 0.717) is 23.6 Å². The lowest BCUT2D eigenvalue weighted by Gasteiger charge is -2.04. The lowest BCUT2D eigenvalue weighted by atomic mass is 10.2. The third kappa shape index (κ3) is 4.94. The molecular weight excluding hydrogens is 361 g/mol. The summed E-state index contributed by atoms with van der Waals surface area (Å²) in [4.78, 5) is 23.8. The normalized spacial score (nSPS) is 10.8. The fraction of sp³-hybridized carbons (Fsp3) is 0.0909. The van der Waals surface area contributed by atoms with Gasteiger partial charge in [-0.15, -0.1) is 0 Å². The van der Waals surface area contributed by atoms with Gasteiger partial charge in [-0.3, -0.25) is 4.79 Å². The van der Waals surface area contributed by atoms with Crippen LogP contribution >= 0.6 is 0 Å². The summed E-state index contributed by atoms with van der Waals surface area (Å²) in [5.74, 6) is -0.589. The SMILES string of the molecule is CCOC(=O)/C=C/c1cccc(NC(=O)c2ccc(-c3ccc(F)cc3)o2)c1. The Balaban J connectivity index is 1.69. The Morgan fingerprint density at radius 2 is 1.89 bits per heavy atom. The van der Waals surface area contributed by atoms with Gasteiger partial charge in [-0.25, -0.2) is 9.18 Å². The van der Waals surface area contributed by atoms with Gasteiger partial charge in [-0.2, -0.15) is 0 Å². The van der Waals surface area contributed by atoms with Crippen molar-refractivity contribution in [3.63, 3.8) is 0 Å². The van der Waals surface area contributed by atoms with Crippen LogP contribution in [0.1, 0.15) is 23.0 Å². The van der Waals surface area contributed by atoms with Crippen LogP contribution in [0.25, 0.3) is 17.4 Å². The molecule has 0 saturated carbocycles. The van der Waals surface area contributed by atoms with Crippen molar-refractivity contribution < 1.29 is 23.1 Å². The minimum atomic E-state index is -0.430. The van der Waals surface area contributed by atoms with Crippen molar-refractivity contribution in [1.29, 1.82) is 0 Å². The minimum absolute atomic E-state index is 0.131. The summed E-state index contributed by atoms with van der Waals surface area (Å²) in [6, 6.07) is 16.0. The Morgan fingerprint density at radius 1 is 1.11 bits per heavy atom. The summed E-state index contributed by atoms with van der Waals surface area (Å²) in [6.07, 6.45) is 2.93. The maximum atomic E-state index is 13.0. The van der Waals surface area contributed by atoms with Crippen LogP contribution in [-0.4, -0.2) is 18.5 Å². The molecule has 0 spiro atoms. The molecule has 28 heavy (non-hydrogen) atoms. The molecule has 5 nitrogen and oxygen atoms in total. The lowest BCUT2D eigenvalue weighted by molar-refractivity contribution is -0.137. The number of hydrogen-bond acceptors (Lipinski definition) is 4. The highest BCUT2D eigenvalue weighted by Gasteiger charge is 2.13. The number of benzene rings is 2. The zero-order valence-corrected chi connectivity index (χ0v) is 15.1. The lowest BCUT2D eigenvalue weighted by Crippen LogP contribution is -2.10. The van der Waals surface area contributed by atoms with E-state index in [1.807, 2.05) is 0 Å². The van der Waals surface area contributed by atoms with Gasteiger partial charge in [-0.05, 0) is 67.1 Å². The zero-order chi connectivity index (χ0) is 19.9. The third-order valence-corrected chi connectivity index (χ3v) is 3.80. The van der Waals surface area contributed by atoms with Crippen LogP contribution in [0.15, 0.2) is 71.2 Å². The van der Waals surface area contributed by atoms with E-state index < -0.39 is 11.9 Å². The summed E-state index contributed by atoms with van der Waals surface area (Å²) in [5, 5.41) is 2.74. The first-order valence-corrected chi connectivity index (χ1v) is 8.67. The number of amides is 1. The average molecular weight is 379 g/mol. The fourth-order valence-electron chi connectivity index (χ4n) is 2.50. The molecule has 1 N–H and O–H groups in total. The molecule has 0 radical (unpaired) electrons. The number of rotatable bonds is 6. The molecule has 1 aromatic heterocycles. The predicted octanol–water partition coefficient (Wildman–Crippen LogP) is 4.91. The van der Waals surface area contributed by atoms with Crippen LogP contribution in [0.3, 0.4) is 0 Å². The van der Waals surface area contributed by atoms with Crippen molar-refractivity contribution in [2.75, 3.05) is 11.9 Å². The molecule has 0 aliphatic carbocycles. The van der Waals surface area contributed by atoms with E-state index in [1.165, 1.54) is 18.2 Å². The molecule has 2 aromatic carbocycles. The smallest absolute Gasteiger partial charge is 0.330 e. The van der Waals surface area contributed by atoms with Gasteiger partial charge in [0, 0.05) is 17.3 Å². The van der Waals surface area contributed by atoms with E-state index >= 15 is 0 Å². The number of hydrogen-bond donors (Lipinski definition) is 1. The Labute approximate surface area is 161 Å². The molecule has 1 amide bonds. The quantitative estimate of drug-likeness (QED) is 0.488. The van der Waals surface area contributed by atoms with E-state index in [9.17, 15) is 14.0 Å². The standard InChI is InChI=1S/C22H18FNO4/c1-2-27-21(25)13-6-15-4-3-5-18(14-15)24-22(26)20-12-11-19(28-20)16-7-9-17(23)10-8-16/h3-14H,2H2,1H3,(H,24,26)/b13-6+. The van der Waals surface area contributed by atoms with Crippen molar-refractivity contribution in [1.82, 2.24) is 0 Å². The van der Waals surface area contributed by atoms with Gasteiger partial charge in [0.15, 0.2) is 5.76 Å². The number of carbonyl (C=O) groups is 2. The Bertz CT molecular complexity index is 1010. The fourth-order valence-corrected chi connectivity index (χ4v) is 2.50. The van der Waals surface area contributed by atoms with Crippen LogP contribution in [-0.2, 0) is 9.53 Å². The minimum Gasteiger partial charge on any atom is -0.463 e. The molecule has 3 rings (SSSR count).